The van der Waals surface area contributed by atoms with Gasteiger partial charge in [0, 0.05) is 16.3 Å². The van der Waals surface area contributed by atoms with Crippen molar-refractivity contribution in [3.8, 4) is 0 Å². The van der Waals surface area contributed by atoms with Crippen molar-refractivity contribution in [3.05, 3.63) is 51.0 Å². The number of aryl methyl sites for hydroxylation is 2. The number of halogens is 1. The molecule has 2 N–H and O–H groups in total. The molecule has 1 amide bonds. The van der Waals surface area contributed by atoms with Crippen LogP contribution in [-0.2, 0) is 6.54 Å². The maximum absolute atomic E-state index is 13.8. The van der Waals surface area contributed by atoms with Crippen molar-refractivity contribution in [2.45, 2.75) is 27.3 Å². The molecule has 0 bridgehead atoms. The summed E-state index contributed by atoms with van der Waals surface area (Å²) in [6.07, 6.45) is 0. The van der Waals surface area contributed by atoms with E-state index in [1.165, 1.54) is 16.5 Å². The first-order chi connectivity index (χ1) is 10.0. The Morgan fingerprint density at radius 1 is 1.33 bits per heavy atom. The summed E-state index contributed by atoms with van der Waals surface area (Å²) >= 11 is 1.66. The number of rotatable bonds is 5. The average Bonchev–Trinajstić information content (AvgIpc) is 2.77. The molecule has 0 saturated carbocycles. The molecular formula is C16H19FN2OS. The fourth-order valence-electron chi connectivity index (χ4n) is 2.07. The smallest absolute Gasteiger partial charge is 0.253 e. The molecule has 0 radical (unpaired) electrons. The first-order valence-electron chi connectivity index (χ1n) is 6.89. The summed E-state index contributed by atoms with van der Waals surface area (Å²) in [7, 11) is 0. The van der Waals surface area contributed by atoms with Crippen LogP contribution in [0.25, 0.3) is 0 Å². The maximum Gasteiger partial charge on any atom is 0.253 e. The summed E-state index contributed by atoms with van der Waals surface area (Å²) in [6.45, 7) is 6.99. The van der Waals surface area contributed by atoms with Gasteiger partial charge in [-0.1, -0.05) is 6.07 Å². The lowest BCUT2D eigenvalue weighted by Crippen LogP contribution is -2.24. The van der Waals surface area contributed by atoms with Crippen molar-refractivity contribution >= 4 is 22.9 Å². The van der Waals surface area contributed by atoms with Crippen molar-refractivity contribution < 1.29 is 9.18 Å². The SMILES string of the molecule is CCNc1c(F)cccc1C(=O)NCc1cc(C)c(C)s1. The van der Waals surface area contributed by atoms with E-state index in [-0.39, 0.29) is 11.6 Å². The Balaban J connectivity index is 2.11. The minimum atomic E-state index is -0.410. The van der Waals surface area contributed by atoms with Crippen molar-refractivity contribution in [1.29, 1.82) is 0 Å². The number of carbonyl (C=O) groups is 1. The minimum absolute atomic E-state index is 0.260. The molecule has 2 aromatic rings. The second kappa shape index (κ2) is 6.72. The van der Waals surface area contributed by atoms with Crippen LogP contribution >= 0.6 is 11.3 Å². The predicted octanol–water partition coefficient (Wildman–Crippen LogP) is 3.87. The Hall–Kier alpha value is -1.88. The Morgan fingerprint density at radius 3 is 2.71 bits per heavy atom. The lowest BCUT2D eigenvalue weighted by molar-refractivity contribution is 0.0951. The molecule has 0 fully saturated rings. The molecule has 112 valence electrons. The summed E-state index contributed by atoms with van der Waals surface area (Å²) in [5.41, 5.74) is 1.82. The van der Waals surface area contributed by atoms with E-state index in [9.17, 15) is 9.18 Å². The number of hydrogen-bond donors (Lipinski definition) is 2. The zero-order chi connectivity index (χ0) is 15.4. The van der Waals surface area contributed by atoms with Gasteiger partial charge in [0.25, 0.3) is 5.91 Å². The van der Waals surface area contributed by atoms with Crippen LogP contribution in [0.15, 0.2) is 24.3 Å². The van der Waals surface area contributed by atoms with Crippen molar-refractivity contribution in [2.75, 3.05) is 11.9 Å². The van der Waals surface area contributed by atoms with Crippen LogP contribution in [-0.4, -0.2) is 12.5 Å². The van der Waals surface area contributed by atoms with Crippen LogP contribution in [0.4, 0.5) is 10.1 Å². The third-order valence-electron chi connectivity index (χ3n) is 3.25. The molecule has 5 heteroatoms. The zero-order valence-electron chi connectivity index (χ0n) is 12.4. The van der Waals surface area contributed by atoms with Crippen LogP contribution in [0.3, 0.4) is 0 Å². The highest BCUT2D eigenvalue weighted by atomic mass is 32.1. The van der Waals surface area contributed by atoms with E-state index >= 15 is 0 Å². The van der Waals surface area contributed by atoms with Gasteiger partial charge in [-0.3, -0.25) is 4.79 Å². The third kappa shape index (κ3) is 3.61. The zero-order valence-corrected chi connectivity index (χ0v) is 13.2. The van der Waals surface area contributed by atoms with Crippen LogP contribution in [0.2, 0.25) is 0 Å². The van der Waals surface area contributed by atoms with Crippen LogP contribution in [0.1, 0.15) is 32.6 Å². The lowest BCUT2D eigenvalue weighted by atomic mass is 10.1. The number of benzene rings is 1. The molecule has 0 unspecified atom stereocenters. The molecular weight excluding hydrogens is 287 g/mol. The quantitative estimate of drug-likeness (QED) is 0.880. The Labute approximate surface area is 128 Å². The van der Waals surface area contributed by atoms with E-state index < -0.39 is 5.82 Å². The van der Waals surface area contributed by atoms with E-state index in [2.05, 4.69) is 23.6 Å². The van der Waals surface area contributed by atoms with E-state index in [0.717, 1.165) is 4.88 Å². The van der Waals surface area contributed by atoms with E-state index in [1.807, 2.05) is 13.8 Å². The Kier molecular flexibility index (Phi) is 4.96. The highest BCUT2D eigenvalue weighted by Crippen LogP contribution is 2.22. The summed E-state index contributed by atoms with van der Waals surface area (Å²) in [4.78, 5) is 14.6. The van der Waals surface area contributed by atoms with Gasteiger partial charge in [0.05, 0.1) is 17.8 Å². The highest BCUT2D eigenvalue weighted by Gasteiger charge is 2.14. The number of para-hydroxylation sites is 1. The Bertz CT molecular complexity index is 632. The standard InChI is InChI=1S/C16H19FN2OS/c1-4-18-15-13(6-5-7-14(15)17)16(20)19-9-12-8-10(2)11(3)21-12/h5-8,18H,4,9H2,1-3H3,(H,19,20). The molecule has 1 heterocycles. The van der Waals surface area contributed by atoms with Gasteiger partial charge >= 0.3 is 0 Å². The minimum Gasteiger partial charge on any atom is -0.382 e. The molecule has 0 spiro atoms. The summed E-state index contributed by atoms with van der Waals surface area (Å²) in [6, 6.07) is 6.59. The molecule has 1 aromatic heterocycles. The second-order valence-electron chi connectivity index (χ2n) is 4.83. The van der Waals surface area contributed by atoms with Crippen LogP contribution < -0.4 is 10.6 Å². The average molecular weight is 306 g/mol. The van der Waals surface area contributed by atoms with Crippen molar-refractivity contribution in [2.24, 2.45) is 0 Å². The number of amides is 1. The van der Waals surface area contributed by atoms with E-state index in [1.54, 1.807) is 23.5 Å². The number of carbonyl (C=O) groups excluding carboxylic acids is 1. The molecule has 0 aliphatic heterocycles. The van der Waals surface area contributed by atoms with Gasteiger partial charge in [-0.25, -0.2) is 4.39 Å². The first-order valence-corrected chi connectivity index (χ1v) is 7.71. The molecule has 0 aliphatic rings. The fourth-order valence-corrected chi connectivity index (χ4v) is 3.06. The van der Waals surface area contributed by atoms with Gasteiger partial charge in [0.1, 0.15) is 5.82 Å². The topological polar surface area (TPSA) is 41.1 Å². The fraction of sp³-hybridized carbons (Fsp3) is 0.312. The molecule has 2 rings (SSSR count). The first kappa shape index (κ1) is 15.5. The van der Waals surface area contributed by atoms with Gasteiger partial charge in [-0.05, 0) is 44.5 Å². The number of nitrogens with one attached hydrogen (secondary N) is 2. The van der Waals surface area contributed by atoms with Crippen LogP contribution in [0, 0.1) is 19.7 Å². The monoisotopic (exact) mass is 306 g/mol. The van der Waals surface area contributed by atoms with E-state index in [4.69, 9.17) is 0 Å². The third-order valence-corrected chi connectivity index (χ3v) is 4.40. The normalized spacial score (nSPS) is 10.5. The van der Waals surface area contributed by atoms with Gasteiger partial charge in [-0.15, -0.1) is 11.3 Å². The van der Waals surface area contributed by atoms with Gasteiger partial charge in [0.15, 0.2) is 0 Å². The van der Waals surface area contributed by atoms with Gasteiger partial charge in [0.2, 0.25) is 0 Å². The van der Waals surface area contributed by atoms with Crippen molar-refractivity contribution in [3.63, 3.8) is 0 Å². The maximum atomic E-state index is 13.8. The number of thiophene rings is 1. The van der Waals surface area contributed by atoms with E-state index in [0.29, 0.717) is 18.7 Å². The summed E-state index contributed by atoms with van der Waals surface area (Å²) in [5, 5.41) is 5.75. The largest absolute Gasteiger partial charge is 0.382 e. The van der Waals surface area contributed by atoms with Crippen LogP contribution in [0.5, 0.6) is 0 Å². The molecule has 0 aliphatic carbocycles. The second-order valence-corrected chi connectivity index (χ2v) is 6.17. The molecule has 0 saturated heterocycles. The highest BCUT2D eigenvalue weighted by molar-refractivity contribution is 7.12. The number of hydrogen-bond acceptors (Lipinski definition) is 3. The molecule has 0 atom stereocenters. The predicted molar refractivity (Wildman–Crippen MR) is 85.5 cm³/mol. The Morgan fingerprint density at radius 2 is 2.10 bits per heavy atom. The number of anilines is 1. The van der Waals surface area contributed by atoms with Gasteiger partial charge in [-0.2, -0.15) is 0 Å². The molecule has 21 heavy (non-hydrogen) atoms. The lowest BCUT2D eigenvalue weighted by Gasteiger charge is -2.11. The van der Waals surface area contributed by atoms with Gasteiger partial charge < -0.3 is 10.6 Å². The van der Waals surface area contributed by atoms with Crippen molar-refractivity contribution in [1.82, 2.24) is 5.32 Å². The molecule has 3 nitrogen and oxygen atoms in total. The summed E-state index contributed by atoms with van der Waals surface area (Å²) < 4.78 is 13.8. The molecule has 1 aromatic carbocycles. The summed E-state index contributed by atoms with van der Waals surface area (Å²) in [5.74, 6) is -0.679.